The third kappa shape index (κ3) is 5.37. The Balaban J connectivity index is 1.60. The maximum Gasteiger partial charge on any atom is 0.341 e. The van der Waals surface area contributed by atoms with Crippen LogP contribution in [-0.2, 0) is 16.6 Å². The van der Waals surface area contributed by atoms with E-state index in [9.17, 15) is 23.1 Å². The van der Waals surface area contributed by atoms with Crippen LogP contribution in [0.15, 0.2) is 88.7 Å². The van der Waals surface area contributed by atoms with Gasteiger partial charge in [-0.2, -0.15) is 0 Å². The minimum atomic E-state index is -4.04. The van der Waals surface area contributed by atoms with Crippen molar-refractivity contribution in [1.82, 2.24) is 9.55 Å². The fourth-order valence-corrected chi connectivity index (χ4v) is 6.40. The van der Waals surface area contributed by atoms with E-state index in [0.29, 0.717) is 15.6 Å². The van der Waals surface area contributed by atoms with Crippen LogP contribution in [0.25, 0.3) is 21.5 Å². The SMILES string of the molecule is COc1ccc(S(=O)(=O)Nc2nc3c(=O)c(C(=O)O)cn(Cc4ccc(Cl)cc4-c4ccccc4)c3s2)cc1. The molecule has 0 amide bonds. The summed E-state index contributed by atoms with van der Waals surface area (Å²) in [6.45, 7) is 0.172. The van der Waals surface area contributed by atoms with Crippen LogP contribution in [-0.4, -0.2) is 36.2 Å². The number of anilines is 1. The summed E-state index contributed by atoms with van der Waals surface area (Å²) in [6.07, 6.45) is 1.25. The number of benzene rings is 3. The van der Waals surface area contributed by atoms with Gasteiger partial charge in [0.2, 0.25) is 5.43 Å². The van der Waals surface area contributed by atoms with Crippen molar-refractivity contribution >= 4 is 54.4 Å². The number of sulfonamides is 1. The van der Waals surface area contributed by atoms with E-state index in [1.165, 1.54) is 37.6 Å². The van der Waals surface area contributed by atoms with E-state index in [0.717, 1.165) is 28.0 Å². The number of pyridine rings is 1. The van der Waals surface area contributed by atoms with E-state index in [1.807, 2.05) is 42.5 Å². The van der Waals surface area contributed by atoms with Crippen molar-refractivity contribution in [1.29, 1.82) is 0 Å². The van der Waals surface area contributed by atoms with Crippen LogP contribution in [0, 0.1) is 0 Å². The second-order valence-electron chi connectivity index (χ2n) is 8.43. The largest absolute Gasteiger partial charge is 0.497 e. The number of carboxylic acid groups (broad SMARTS) is 1. The third-order valence-electron chi connectivity index (χ3n) is 5.93. The van der Waals surface area contributed by atoms with E-state index in [2.05, 4.69) is 9.71 Å². The molecule has 0 saturated heterocycles. The summed E-state index contributed by atoms with van der Waals surface area (Å²) < 4.78 is 35.0. The lowest BCUT2D eigenvalue weighted by atomic mass is 9.99. The van der Waals surface area contributed by atoms with Gasteiger partial charge in [-0.25, -0.2) is 18.2 Å². The second-order valence-corrected chi connectivity index (χ2v) is 11.5. The number of nitrogens with one attached hydrogen (secondary N) is 1. The Morgan fingerprint density at radius 2 is 1.82 bits per heavy atom. The average Bonchev–Trinajstić information content (AvgIpc) is 3.35. The molecule has 5 rings (SSSR count). The Morgan fingerprint density at radius 3 is 2.49 bits per heavy atom. The van der Waals surface area contributed by atoms with Crippen molar-refractivity contribution in [2.75, 3.05) is 11.8 Å². The lowest BCUT2D eigenvalue weighted by Crippen LogP contribution is -2.19. The Hall–Kier alpha value is -4.19. The van der Waals surface area contributed by atoms with Crippen LogP contribution in [0.1, 0.15) is 15.9 Å². The molecule has 0 atom stereocenters. The average molecular weight is 582 g/mol. The van der Waals surface area contributed by atoms with Gasteiger partial charge in [0, 0.05) is 17.8 Å². The summed E-state index contributed by atoms with van der Waals surface area (Å²) in [5.74, 6) is -0.923. The molecule has 0 saturated carbocycles. The normalized spacial score (nSPS) is 11.4. The number of nitrogens with zero attached hydrogens (tertiary/aromatic N) is 2. The molecule has 5 aromatic rings. The van der Waals surface area contributed by atoms with Crippen LogP contribution in [0.5, 0.6) is 5.75 Å². The highest BCUT2D eigenvalue weighted by molar-refractivity contribution is 7.93. The Kier molecular flexibility index (Phi) is 7.13. The predicted molar refractivity (Wildman–Crippen MR) is 151 cm³/mol. The number of hydrogen-bond acceptors (Lipinski definition) is 7. The first-order chi connectivity index (χ1) is 18.7. The third-order valence-corrected chi connectivity index (χ3v) is 8.66. The topological polar surface area (TPSA) is 128 Å². The fourth-order valence-electron chi connectivity index (χ4n) is 4.05. The molecule has 0 aliphatic rings. The van der Waals surface area contributed by atoms with Crippen LogP contribution < -0.4 is 14.9 Å². The van der Waals surface area contributed by atoms with Crippen LogP contribution >= 0.6 is 22.9 Å². The van der Waals surface area contributed by atoms with Crippen molar-refractivity contribution in [3.63, 3.8) is 0 Å². The maximum atomic E-state index is 13.0. The number of ether oxygens (including phenoxy) is 1. The lowest BCUT2D eigenvalue weighted by molar-refractivity contribution is 0.0694. The molecule has 0 aliphatic carbocycles. The molecular weight excluding hydrogens is 562 g/mol. The zero-order valence-electron chi connectivity index (χ0n) is 20.3. The Labute approximate surface area is 232 Å². The van der Waals surface area contributed by atoms with Gasteiger partial charge in [0.15, 0.2) is 5.13 Å². The summed E-state index contributed by atoms with van der Waals surface area (Å²) in [5.41, 5.74) is 1.11. The number of aromatic carboxylic acids is 1. The highest BCUT2D eigenvalue weighted by atomic mass is 35.5. The Bertz CT molecular complexity index is 1870. The minimum absolute atomic E-state index is 0.0299. The molecular formula is C27H20ClN3O6S2. The van der Waals surface area contributed by atoms with Gasteiger partial charge in [-0.1, -0.05) is 59.3 Å². The summed E-state index contributed by atoms with van der Waals surface area (Å²) >= 11 is 7.21. The lowest BCUT2D eigenvalue weighted by Gasteiger charge is -2.14. The predicted octanol–water partition coefficient (Wildman–Crippen LogP) is 5.33. The van der Waals surface area contributed by atoms with Gasteiger partial charge in [-0.05, 0) is 53.1 Å². The zero-order chi connectivity index (χ0) is 27.7. The number of halogens is 1. The smallest absolute Gasteiger partial charge is 0.341 e. The summed E-state index contributed by atoms with van der Waals surface area (Å²) in [6, 6.07) is 20.7. The molecule has 0 fully saturated rings. The van der Waals surface area contributed by atoms with E-state index in [-0.39, 0.29) is 22.1 Å². The highest BCUT2D eigenvalue weighted by Crippen LogP contribution is 2.31. The quantitative estimate of drug-likeness (QED) is 0.253. The minimum Gasteiger partial charge on any atom is -0.497 e. The van der Waals surface area contributed by atoms with Gasteiger partial charge < -0.3 is 14.4 Å². The van der Waals surface area contributed by atoms with Gasteiger partial charge in [0.05, 0.1) is 12.0 Å². The molecule has 0 radical (unpaired) electrons. The Morgan fingerprint density at radius 1 is 1.10 bits per heavy atom. The molecule has 9 nitrogen and oxygen atoms in total. The van der Waals surface area contributed by atoms with Crippen molar-refractivity contribution in [3.8, 4) is 16.9 Å². The zero-order valence-corrected chi connectivity index (χ0v) is 22.7. The van der Waals surface area contributed by atoms with Gasteiger partial charge in [0.25, 0.3) is 10.0 Å². The molecule has 12 heteroatoms. The molecule has 0 unspecified atom stereocenters. The first kappa shape index (κ1) is 26.4. The molecule has 3 aromatic carbocycles. The van der Waals surface area contributed by atoms with Gasteiger partial charge in [-0.15, -0.1) is 0 Å². The summed E-state index contributed by atoms with van der Waals surface area (Å²) in [5, 5.41) is 10.1. The van der Waals surface area contributed by atoms with Crippen LogP contribution in [0.2, 0.25) is 5.02 Å². The van der Waals surface area contributed by atoms with Gasteiger partial charge in [0.1, 0.15) is 21.7 Å². The van der Waals surface area contributed by atoms with E-state index in [1.54, 1.807) is 10.6 Å². The molecule has 0 aliphatic heterocycles. The number of carboxylic acids is 1. The number of fused-ring (bicyclic) bond motifs is 1. The van der Waals surface area contributed by atoms with Crippen molar-refractivity contribution in [2.45, 2.75) is 11.4 Å². The monoisotopic (exact) mass is 581 g/mol. The summed E-state index contributed by atoms with van der Waals surface area (Å²) in [7, 11) is -2.58. The van der Waals surface area contributed by atoms with E-state index >= 15 is 0 Å². The molecule has 2 N–H and O–H groups in total. The molecule has 2 heterocycles. The van der Waals surface area contributed by atoms with Gasteiger partial charge in [-0.3, -0.25) is 9.52 Å². The molecule has 0 spiro atoms. The first-order valence-electron chi connectivity index (χ1n) is 11.4. The van der Waals surface area contributed by atoms with E-state index in [4.69, 9.17) is 16.3 Å². The first-order valence-corrected chi connectivity index (χ1v) is 14.1. The van der Waals surface area contributed by atoms with Crippen LogP contribution in [0.4, 0.5) is 5.13 Å². The second kappa shape index (κ2) is 10.5. The number of methoxy groups -OCH3 is 1. The molecule has 39 heavy (non-hydrogen) atoms. The molecule has 0 bridgehead atoms. The van der Waals surface area contributed by atoms with Crippen LogP contribution in [0.3, 0.4) is 0 Å². The maximum absolute atomic E-state index is 13.0. The number of hydrogen-bond donors (Lipinski definition) is 2. The van der Waals surface area contributed by atoms with Crippen molar-refractivity contribution < 1.29 is 23.1 Å². The van der Waals surface area contributed by atoms with E-state index < -0.39 is 27.0 Å². The number of carbonyl (C=O) groups is 1. The number of rotatable bonds is 8. The number of thiazole rings is 1. The standard InChI is InChI=1S/C27H20ClN3O6S2/c1-37-19-9-11-20(12-10-19)39(35,36)30-27-29-23-24(32)22(26(33)34)15-31(25(23)38-27)14-17-7-8-18(28)13-21(17)16-5-3-2-4-6-16/h2-13,15H,14H2,1H3,(H,29,30)(H,33,34). The molecule has 2 aromatic heterocycles. The van der Waals surface area contributed by atoms with Crippen molar-refractivity contribution in [2.24, 2.45) is 0 Å². The molecule has 198 valence electrons. The fraction of sp³-hybridized carbons (Fsp3) is 0.0741. The summed E-state index contributed by atoms with van der Waals surface area (Å²) in [4.78, 5) is 29.3. The van der Waals surface area contributed by atoms with Crippen molar-refractivity contribution in [3.05, 3.63) is 105 Å². The highest BCUT2D eigenvalue weighted by Gasteiger charge is 2.22. The number of aromatic nitrogens is 2. The van der Waals surface area contributed by atoms with Gasteiger partial charge >= 0.3 is 5.97 Å².